The van der Waals surface area contributed by atoms with Crippen LogP contribution in [0.1, 0.15) is 220 Å². The van der Waals surface area contributed by atoms with E-state index >= 15 is 0 Å². The number of nitrogens with zero attached hydrogens (tertiary/aromatic N) is 1. The standard InChI is InChI=1S/C48H96NO9P/c1-47(2)53-43-45(56-47)46-44(57-48(3,4)58-46)42-52-39-36-34-32-30-28-26-24-22-20-18-16-14-12-10-8-9-11-13-15-17-19-21-23-25-27-29-31-33-35-37-40-54-59(50,51)55-41-38-49(5,6)7/h44-46H,8-43H2,1-7H3/p+1/t44-,45-,46+/m1/s1. The SMILES string of the molecule is CC1(C)OC[C@H]([C@H]2OC(C)(C)O[C@@H]2COCCCCCCCCCCCCCCCCCCCCCCCCCCCCCCCCOP(=O)(O)OCC[N+](C)(C)C)O1. The third-order valence-electron chi connectivity index (χ3n) is 11.9. The molecule has 2 heterocycles. The van der Waals surface area contributed by atoms with Crippen molar-refractivity contribution in [2.24, 2.45) is 0 Å². The summed E-state index contributed by atoms with van der Waals surface area (Å²) in [5.41, 5.74) is 0. The maximum Gasteiger partial charge on any atom is 0.472 e. The number of phosphoric ester groups is 1. The van der Waals surface area contributed by atoms with Crippen molar-refractivity contribution in [3.8, 4) is 0 Å². The summed E-state index contributed by atoms with van der Waals surface area (Å²) in [6.07, 6.45) is 39.9. The molecule has 0 spiro atoms. The smallest absolute Gasteiger partial charge is 0.379 e. The molecule has 352 valence electrons. The molecule has 0 aliphatic carbocycles. The minimum Gasteiger partial charge on any atom is -0.379 e. The largest absolute Gasteiger partial charge is 0.472 e. The summed E-state index contributed by atoms with van der Waals surface area (Å²) in [7, 11) is 2.16. The maximum atomic E-state index is 11.9. The summed E-state index contributed by atoms with van der Waals surface area (Å²) in [5.74, 6) is -1.19. The van der Waals surface area contributed by atoms with E-state index < -0.39 is 19.4 Å². The number of quaternary nitrogens is 1. The van der Waals surface area contributed by atoms with Crippen molar-refractivity contribution in [3.05, 3.63) is 0 Å². The van der Waals surface area contributed by atoms with E-state index in [1.807, 2.05) is 48.8 Å². The first-order valence-corrected chi connectivity index (χ1v) is 26.4. The molecule has 10 nitrogen and oxygen atoms in total. The molecule has 2 aliphatic heterocycles. The lowest BCUT2D eigenvalue weighted by Crippen LogP contribution is -2.40. The van der Waals surface area contributed by atoms with Gasteiger partial charge in [-0.3, -0.25) is 9.05 Å². The van der Waals surface area contributed by atoms with Gasteiger partial charge in [0.2, 0.25) is 0 Å². The first kappa shape index (κ1) is 55.0. The molecular weight excluding hydrogens is 766 g/mol. The van der Waals surface area contributed by atoms with E-state index in [1.54, 1.807) is 0 Å². The number of rotatable bonds is 41. The Labute approximate surface area is 364 Å². The highest BCUT2D eigenvalue weighted by molar-refractivity contribution is 7.47. The number of phosphoric acid groups is 1. The molecule has 1 unspecified atom stereocenters. The number of hydrogen-bond acceptors (Lipinski definition) is 8. The van der Waals surface area contributed by atoms with Crippen LogP contribution in [0.2, 0.25) is 0 Å². The Morgan fingerprint density at radius 2 is 0.864 bits per heavy atom. The van der Waals surface area contributed by atoms with E-state index in [1.165, 1.54) is 173 Å². The lowest BCUT2D eigenvalue weighted by Gasteiger charge is -2.24. The number of ether oxygens (including phenoxy) is 5. The van der Waals surface area contributed by atoms with Gasteiger partial charge in [0.15, 0.2) is 11.6 Å². The fourth-order valence-corrected chi connectivity index (χ4v) is 9.03. The highest BCUT2D eigenvalue weighted by Gasteiger charge is 2.49. The third kappa shape index (κ3) is 31.4. The molecule has 0 bridgehead atoms. The molecule has 2 fully saturated rings. The highest BCUT2D eigenvalue weighted by atomic mass is 31.2. The first-order valence-electron chi connectivity index (χ1n) is 24.9. The van der Waals surface area contributed by atoms with E-state index in [0.717, 1.165) is 25.9 Å². The summed E-state index contributed by atoms with van der Waals surface area (Å²) in [4.78, 5) is 9.76. The number of hydrogen-bond donors (Lipinski definition) is 1. The van der Waals surface area contributed by atoms with E-state index in [2.05, 4.69) is 0 Å². The van der Waals surface area contributed by atoms with Crippen LogP contribution >= 0.6 is 7.82 Å². The molecule has 0 aromatic carbocycles. The van der Waals surface area contributed by atoms with Gasteiger partial charge in [-0.15, -0.1) is 0 Å². The lowest BCUT2D eigenvalue weighted by atomic mass is 10.0. The summed E-state index contributed by atoms with van der Waals surface area (Å²) >= 11 is 0. The second-order valence-electron chi connectivity index (χ2n) is 19.8. The summed E-state index contributed by atoms with van der Waals surface area (Å²) < 4.78 is 52.9. The van der Waals surface area contributed by atoms with Crippen LogP contribution in [-0.2, 0) is 37.3 Å². The van der Waals surface area contributed by atoms with Gasteiger partial charge in [-0.25, -0.2) is 4.57 Å². The Hall–Kier alpha value is -0.130. The van der Waals surface area contributed by atoms with Gasteiger partial charge in [-0.1, -0.05) is 180 Å². The molecule has 1 N–H and O–H groups in total. The van der Waals surface area contributed by atoms with Crippen LogP contribution in [0.4, 0.5) is 0 Å². The van der Waals surface area contributed by atoms with Crippen LogP contribution in [0, 0.1) is 0 Å². The van der Waals surface area contributed by atoms with Crippen molar-refractivity contribution < 1.29 is 46.7 Å². The molecule has 0 amide bonds. The molecule has 0 radical (unpaired) electrons. The van der Waals surface area contributed by atoms with Crippen LogP contribution in [0.25, 0.3) is 0 Å². The Balaban J connectivity index is 1.19. The van der Waals surface area contributed by atoms with Gasteiger partial charge in [0.05, 0.1) is 41.0 Å². The molecule has 0 aromatic heterocycles. The predicted octanol–water partition coefficient (Wildman–Crippen LogP) is 13.2. The topological polar surface area (TPSA) is 102 Å². The van der Waals surface area contributed by atoms with Crippen LogP contribution in [0.5, 0.6) is 0 Å². The average Bonchev–Trinajstić information content (AvgIpc) is 3.68. The Bertz CT molecular complexity index is 1040. The van der Waals surface area contributed by atoms with Crippen molar-refractivity contribution in [1.82, 2.24) is 0 Å². The molecule has 0 saturated carbocycles. The zero-order chi connectivity index (χ0) is 43.1. The predicted molar refractivity (Wildman–Crippen MR) is 243 cm³/mol. The van der Waals surface area contributed by atoms with Gasteiger partial charge in [0.1, 0.15) is 31.5 Å². The van der Waals surface area contributed by atoms with Crippen molar-refractivity contribution >= 4 is 7.82 Å². The minimum atomic E-state index is -3.91. The molecule has 2 aliphatic rings. The summed E-state index contributed by atoms with van der Waals surface area (Å²) in [6, 6.07) is 0. The minimum absolute atomic E-state index is 0.122. The molecule has 0 aromatic rings. The number of unbranched alkanes of at least 4 members (excludes halogenated alkanes) is 29. The monoisotopic (exact) mass is 863 g/mol. The Morgan fingerprint density at radius 3 is 1.22 bits per heavy atom. The second-order valence-corrected chi connectivity index (χ2v) is 21.3. The molecule has 2 rings (SSSR count). The van der Waals surface area contributed by atoms with E-state index in [9.17, 15) is 9.46 Å². The maximum absolute atomic E-state index is 11.9. The first-order chi connectivity index (χ1) is 28.2. The van der Waals surface area contributed by atoms with Crippen molar-refractivity contribution in [1.29, 1.82) is 0 Å². The zero-order valence-electron chi connectivity index (χ0n) is 39.8. The van der Waals surface area contributed by atoms with Crippen molar-refractivity contribution in [2.75, 3.05) is 60.7 Å². The molecule has 11 heteroatoms. The van der Waals surface area contributed by atoms with Crippen LogP contribution in [0.3, 0.4) is 0 Å². The van der Waals surface area contributed by atoms with E-state index in [4.69, 9.17) is 32.7 Å². The Kier molecular flexibility index (Phi) is 30.3. The molecular formula is C48H97NO9P+. The summed E-state index contributed by atoms with van der Waals surface area (Å²) in [6.45, 7) is 10.8. The Morgan fingerprint density at radius 1 is 0.508 bits per heavy atom. The van der Waals surface area contributed by atoms with Gasteiger partial charge in [-0.05, 0) is 40.5 Å². The van der Waals surface area contributed by atoms with Crippen LogP contribution in [0.15, 0.2) is 0 Å². The van der Waals surface area contributed by atoms with Gasteiger partial charge < -0.3 is 33.1 Å². The fourth-order valence-electron chi connectivity index (χ4n) is 8.29. The lowest BCUT2D eigenvalue weighted by molar-refractivity contribution is -0.870. The summed E-state index contributed by atoms with van der Waals surface area (Å²) in [5, 5.41) is 0. The van der Waals surface area contributed by atoms with Gasteiger partial charge >= 0.3 is 7.82 Å². The van der Waals surface area contributed by atoms with Crippen LogP contribution in [-0.4, -0.2) is 100.0 Å². The fraction of sp³-hybridized carbons (Fsp3) is 1.00. The van der Waals surface area contributed by atoms with Crippen LogP contribution < -0.4 is 0 Å². The molecule has 59 heavy (non-hydrogen) atoms. The van der Waals surface area contributed by atoms with Crippen molar-refractivity contribution in [2.45, 2.75) is 250 Å². The zero-order valence-corrected chi connectivity index (χ0v) is 40.7. The van der Waals surface area contributed by atoms with E-state index in [-0.39, 0.29) is 24.9 Å². The molecule has 4 atom stereocenters. The average molecular weight is 863 g/mol. The van der Waals surface area contributed by atoms with Crippen molar-refractivity contribution in [3.63, 3.8) is 0 Å². The quantitative estimate of drug-likeness (QED) is 0.0366. The molecule has 2 saturated heterocycles. The third-order valence-corrected chi connectivity index (χ3v) is 12.9. The van der Waals surface area contributed by atoms with Gasteiger partial charge in [0.25, 0.3) is 0 Å². The highest BCUT2D eigenvalue weighted by Crippen LogP contribution is 2.43. The van der Waals surface area contributed by atoms with Gasteiger partial charge in [-0.2, -0.15) is 0 Å². The van der Waals surface area contributed by atoms with Gasteiger partial charge in [0, 0.05) is 6.61 Å². The second kappa shape index (κ2) is 32.5. The number of likely N-dealkylation sites (N-methyl/N-ethyl adjacent to an activating group) is 1. The normalized spacial score (nSPS) is 21.4. The van der Waals surface area contributed by atoms with E-state index in [0.29, 0.717) is 30.8 Å².